The van der Waals surface area contributed by atoms with Gasteiger partial charge < -0.3 is 10.6 Å². The summed E-state index contributed by atoms with van der Waals surface area (Å²) < 4.78 is 0. The number of nitrogens with zero attached hydrogens (tertiary/aromatic N) is 2. The second kappa shape index (κ2) is 5.84. The zero-order valence-corrected chi connectivity index (χ0v) is 10.1. The number of amides is 2. The normalized spacial score (nSPS) is 19.5. The average Bonchev–Trinajstić information content (AvgIpc) is 2.25. The van der Waals surface area contributed by atoms with Gasteiger partial charge in [-0.15, -0.1) is 0 Å². The van der Waals surface area contributed by atoms with Gasteiger partial charge in [-0.1, -0.05) is 13.3 Å². The molecule has 0 radical (unpaired) electrons. The molecule has 5 nitrogen and oxygen atoms in total. The van der Waals surface area contributed by atoms with Crippen LogP contribution in [0.1, 0.15) is 26.7 Å². The first-order valence-corrected chi connectivity index (χ1v) is 5.85. The molecule has 92 valence electrons. The van der Waals surface area contributed by atoms with Crippen molar-refractivity contribution in [3.8, 4) is 0 Å². The summed E-state index contributed by atoms with van der Waals surface area (Å²) in [6.45, 7) is 6.50. The second-order valence-electron chi connectivity index (χ2n) is 4.25. The van der Waals surface area contributed by atoms with Crippen molar-refractivity contribution in [2.45, 2.75) is 32.7 Å². The van der Waals surface area contributed by atoms with Gasteiger partial charge in [0, 0.05) is 33.1 Å². The van der Waals surface area contributed by atoms with Crippen LogP contribution in [0.5, 0.6) is 0 Å². The van der Waals surface area contributed by atoms with E-state index in [9.17, 15) is 9.59 Å². The number of nitrogens with two attached hydrogens (primary N) is 1. The minimum absolute atomic E-state index is 0.103. The fourth-order valence-electron chi connectivity index (χ4n) is 2.13. The van der Waals surface area contributed by atoms with Gasteiger partial charge in [0.1, 0.15) is 0 Å². The number of hydrogen-bond donors (Lipinski definition) is 1. The number of hydrogen-bond acceptors (Lipinski definition) is 3. The first-order chi connectivity index (χ1) is 7.56. The molecular formula is C11H21N3O2. The Morgan fingerprint density at radius 3 is 2.19 bits per heavy atom. The van der Waals surface area contributed by atoms with Crippen LogP contribution in [0.4, 0.5) is 0 Å². The van der Waals surface area contributed by atoms with Crippen LogP contribution in [-0.2, 0) is 9.59 Å². The quantitative estimate of drug-likeness (QED) is 0.723. The molecule has 0 saturated carbocycles. The number of primary amides is 1. The van der Waals surface area contributed by atoms with Crippen molar-refractivity contribution in [3.63, 3.8) is 0 Å². The SMILES string of the molecule is CCCC(C(N)=O)N1CCN(C(C)=O)CC1. The van der Waals surface area contributed by atoms with Gasteiger partial charge in [-0.3, -0.25) is 14.5 Å². The highest BCUT2D eigenvalue weighted by molar-refractivity contribution is 5.80. The lowest BCUT2D eigenvalue weighted by molar-refractivity contribution is -0.131. The molecule has 5 heteroatoms. The Bertz CT molecular complexity index is 260. The Morgan fingerprint density at radius 2 is 1.81 bits per heavy atom. The smallest absolute Gasteiger partial charge is 0.234 e. The molecule has 0 spiro atoms. The minimum atomic E-state index is -0.252. The van der Waals surface area contributed by atoms with Crippen molar-refractivity contribution >= 4 is 11.8 Å². The zero-order chi connectivity index (χ0) is 12.1. The Kier molecular flexibility index (Phi) is 4.73. The summed E-state index contributed by atoms with van der Waals surface area (Å²) in [5.41, 5.74) is 5.39. The molecule has 1 fully saturated rings. The third-order valence-electron chi connectivity index (χ3n) is 3.09. The number of carbonyl (C=O) groups excluding carboxylic acids is 2. The highest BCUT2D eigenvalue weighted by Crippen LogP contribution is 2.10. The Morgan fingerprint density at radius 1 is 1.25 bits per heavy atom. The summed E-state index contributed by atoms with van der Waals surface area (Å²) in [6, 6.07) is -0.167. The first kappa shape index (κ1) is 13.0. The van der Waals surface area contributed by atoms with Crippen molar-refractivity contribution in [2.24, 2.45) is 5.73 Å². The van der Waals surface area contributed by atoms with E-state index < -0.39 is 0 Å². The molecule has 1 aliphatic rings. The molecule has 2 amide bonds. The summed E-state index contributed by atoms with van der Waals surface area (Å²) in [5, 5.41) is 0. The molecule has 0 aromatic carbocycles. The largest absolute Gasteiger partial charge is 0.368 e. The molecule has 0 bridgehead atoms. The molecule has 1 aliphatic heterocycles. The highest BCUT2D eigenvalue weighted by atomic mass is 16.2. The Balaban J connectivity index is 2.50. The topological polar surface area (TPSA) is 66.6 Å². The average molecular weight is 227 g/mol. The Hall–Kier alpha value is -1.10. The molecule has 0 aromatic rings. The number of rotatable bonds is 4. The van der Waals surface area contributed by atoms with Crippen molar-refractivity contribution < 1.29 is 9.59 Å². The molecule has 0 aromatic heterocycles. The number of piperazine rings is 1. The van der Waals surface area contributed by atoms with Crippen LogP contribution in [0, 0.1) is 0 Å². The van der Waals surface area contributed by atoms with E-state index in [1.165, 1.54) is 0 Å². The molecule has 1 atom stereocenters. The molecule has 1 unspecified atom stereocenters. The van der Waals surface area contributed by atoms with E-state index >= 15 is 0 Å². The van der Waals surface area contributed by atoms with Crippen LogP contribution in [0.3, 0.4) is 0 Å². The summed E-state index contributed by atoms with van der Waals surface area (Å²) in [5.74, 6) is -0.149. The van der Waals surface area contributed by atoms with E-state index in [4.69, 9.17) is 5.73 Å². The Labute approximate surface area is 96.6 Å². The summed E-state index contributed by atoms with van der Waals surface area (Å²) in [6.07, 6.45) is 1.75. The highest BCUT2D eigenvalue weighted by Gasteiger charge is 2.27. The van der Waals surface area contributed by atoms with Gasteiger partial charge in [0.2, 0.25) is 11.8 Å². The van der Waals surface area contributed by atoms with E-state index in [-0.39, 0.29) is 17.9 Å². The molecule has 2 N–H and O–H groups in total. The maximum absolute atomic E-state index is 11.3. The maximum atomic E-state index is 11.3. The molecule has 0 aliphatic carbocycles. The zero-order valence-electron chi connectivity index (χ0n) is 10.1. The van der Waals surface area contributed by atoms with Gasteiger partial charge in [0.05, 0.1) is 6.04 Å². The molecular weight excluding hydrogens is 206 g/mol. The van der Waals surface area contributed by atoms with Gasteiger partial charge in [0.15, 0.2) is 0 Å². The van der Waals surface area contributed by atoms with Crippen LogP contribution in [0.25, 0.3) is 0 Å². The van der Waals surface area contributed by atoms with E-state index in [0.29, 0.717) is 13.1 Å². The van der Waals surface area contributed by atoms with Crippen LogP contribution in [0.15, 0.2) is 0 Å². The fourth-order valence-corrected chi connectivity index (χ4v) is 2.13. The van der Waals surface area contributed by atoms with Crippen LogP contribution in [-0.4, -0.2) is 53.8 Å². The van der Waals surface area contributed by atoms with Crippen molar-refractivity contribution in [3.05, 3.63) is 0 Å². The van der Waals surface area contributed by atoms with Gasteiger partial charge in [-0.25, -0.2) is 0 Å². The van der Waals surface area contributed by atoms with Crippen molar-refractivity contribution in [1.82, 2.24) is 9.80 Å². The van der Waals surface area contributed by atoms with Crippen LogP contribution >= 0.6 is 0 Å². The molecule has 16 heavy (non-hydrogen) atoms. The standard InChI is InChI=1S/C11H21N3O2/c1-3-4-10(11(12)16)14-7-5-13(6-8-14)9(2)15/h10H,3-8H2,1-2H3,(H2,12,16). The summed E-state index contributed by atoms with van der Waals surface area (Å²) in [7, 11) is 0. The fraction of sp³-hybridized carbons (Fsp3) is 0.818. The van der Waals surface area contributed by atoms with Crippen LogP contribution < -0.4 is 5.73 Å². The summed E-state index contributed by atoms with van der Waals surface area (Å²) >= 11 is 0. The van der Waals surface area contributed by atoms with E-state index in [1.807, 2.05) is 6.92 Å². The minimum Gasteiger partial charge on any atom is -0.368 e. The summed E-state index contributed by atoms with van der Waals surface area (Å²) in [4.78, 5) is 26.3. The van der Waals surface area contributed by atoms with Crippen molar-refractivity contribution in [1.29, 1.82) is 0 Å². The third-order valence-corrected chi connectivity index (χ3v) is 3.09. The molecule has 1 saturated heterocycles. The number of carbonyl (C=O) groups is 2. The first-order valence-electron chi connectivity index (χ1n) is 5.85. The van der Waals surface area contributed by atoms with Gasteiger partial charge in [-0.05, 0) is 6.42 Å². The van der Waals surface area contributed by atoms with Gasteiger partial charge >= 0.3 is 0 Å². The lowest BCUT2D eigenvalue weighted by Crippen LogP contribution is -2.54. The molecule has 1 heterocycles. The van der Waals surface area contributed by atoms with Crippen molar-refractivity contribution in [2.75, 3.05) is 26.2 Å². The lowest BCUT2D eigenvalue weighted by Gasteiger charge is -2.37. The predicted octanol–water partition coefficient (Wildman–Crippen LogP) is -0.195. The molecule has 1 rings (SSSR count). The maximum Gasteiger partial charge on any atom is 0.234 e. The second-order valence-corrected chi connectivity index (χ2v) is 4.25. The lowest BCUT2D eigenvalue weighted by atomic mass is 10.1. The predicted molar refractivity (Wildman–Crippen MR) is 61.7 cm³/mol. The van der Waals surface area contributed by atoms with E-state index in [1.54, 1.807) is 11.8 Å². The van der Waals surface area contributed by atoms with Crippen LogP contribution in [0.2, 0.25) is 0 Å². The third kappa shape index (κ3) is 3.20. The monoisotopic (exact) mass is 227 g/mol. The van der Waals surface area contributed by atoms with Gasteiger partial charge in [-0.2, -0.15) is 0 Å². The van der Waals surface area contributed by atoms with Gasteiger partial charge in [0.25, 0.3) is 0 Å². The van der Waals surface area contributed by atoms with E-state index in [0.717, 1.165) is 25.9 Å². The van der Waals surface area contributed by atoms with E-state index in [2.05, 4.69) is 4.90 Å².